The highest BCUT2D eigenvalue weighted by atomic mass is 32.2. The highest BCUT2D eigenvalue weighted by Gasteiger charge is 2.14. The molecule has 1 amide bonds. The maximum Gasteiger partial charge on any atom is 0.249 e. The second-order valence-electron chi connectivity index (χ2n) is 6.21. The van der Waals surface area contributed by atoms with Crippen LogP contribution in [0.2, 0.25) is 0 Å². The number of aryl methyl sites for hydroxylation is 1. The molecule has 9 heteroatoms. The van der Waals surface area contributed by atoms with Gasteiger partial charge in [0.25, 0.3) is 0 Å². The molecular weight excluding hydrogens is 368 g/mol. The zero-order chi connectivity index (χ0) is 19.6. The minimum absolute atomic E-state index is 0.0510. The van der Waals surface area contributed by atoms with Crippen LogP contribution in [0.25, 0.3) is 16.8 Å². The molecule has 8 nitrogen and oxygen atoms in total. The smallest absolute Gasteiger partial charge is 0.249 e. The molecule has 3 aromatic rings. The maximum atomic E-state index is 11.8. The average Bonchev–Trinajstić information content (AvgIpc) is 2.95. The van der Waals surface area contributed by atoms with Crippen molar-refractivity contribution in [3.8, 4) is 16.9 Å². The van der Waals surface area contributed by atoms with E-state index in [4.69, 9.17) is 4.74 Å². The zero-order valence-electron chi connectivity index (χ0n) is 15.3. The Hall–Kier alpha value is -2.94. The number of nitrogens with one attached hydrogen (secondary N) is 1. The molecule has 3 rings (SSSR count). The highest BCUT2D eigenvalue weighted by Crippen LogP contribution is 2.31. The number of hydrogen-bond acceptors (Lipinski definition) is 6. The molecule has 2 aromatic heterocycles. The molecule has 27 heavy (non-hydrogen) atoms. The first-order valence-electron chi connectivity index (χ1n) is 8.33. The topological polar surface area (TPSA) is 103 Å². The summed E-state index contributed by atoms with van der Waals surface area (Å²) < 4.78 is 29.6. The number of sulfone groups is 1. The molecule has 0 atom stereocenters. The van der Waals surface area contributed by atoms with E-state index in [0.29, 0.717) is 12.3 Å². The lowest BCUT2D eigenvalue weighted by molar-refractivity contribution is -0.113. The molecule has 0 unspecified atom stereocenters. The van der Waals surface area contributed by atoms with Crippen LogP contribution in [-0.4, -0.2) is 47.5 Å². The van der Waals surface area contributed by atoms with E-state index >= 15 is 0 Å². The third-order valence-corrected chi connectivity index (χ3v) is 4.51. The van der Waals surface area contributed by atoms with E-state index in [1.165, 1.54) is 4.52 Å². The largest absolute Gasteiger partial charge is 0.493 e. The number of nitrogens with zero attached hydrogens (tertiary/aromatic N) is 3. The van der Waals surface area contributed by atoms with E-state index in [1.807, 2.05) is 38.1 Å². The number of hydrogen-bond donors (Lipinski definition) is 1. The van der Waals surface area contributed by atoms with Gasteiger partial charge in [0.15, 0.2) is 15.5 Å². The molecule has 0 aliphatic carbocycles. The first-order chi connectivity index (χ1) is 12.7. The van der Waals surface area contributed by atoms with Crippen LogP contribution in [0.15, 0.2) is 36.5 Å². The Bertz CT molecular complexity index is 1110. The summed E-state index contributed by atoms with van der Waals surface area (Å²) in [5.74, 6) is -0.472. The van der Waals surface area contributed by atoms with E-state index in [1.54, 1.807) is 12.3 Å². The molecule has 0 saturated carbocycles. The second kappa shape index (κ2) is 7.36. The second-order valence-corrected chi connectivity index (χ2v) is 8.35. The Morgan fingerprint density at radius 3 is 2.74 bits per heavy atom. The molecule has 0 fully saturated rings. The molecular formula is C18H20N4O4S. The minimum atomic E-state index is -3.42. The van der Waals surface area contributed by atoms with E-state index in [-0.39, 0.29) is 5.95 Å². The number of carbonyl (C=O) groups is 1. The van der Waals surface area contributed by atoms with Crippen molar-refractivity contribution in [3.63, 3.8) is 0 Å². The number of aromatic nitrogens is 3. The van der Waals surface area contributed by atoms with Gasteiger partial charge in [-0.05, 0) is 38.1 Å². The average molecular weight is 388 g/mol. The number of pyridine rings is 1. The molecule has 0 radical (unpaired) electrons. The van der Waals surface area contributed by atoms with Crippen LogP contribution in [0.5, 0.6) is 5.75 Å². The predicted octanol–water partition coefficient (Wildman–Crippen LogP) is 2.09. The van der Waals surface area contributed by atoms with Crippen LogP contribution >= 0.6 is 0 Å². The standard InChI is InChI=1S/C18H20N4O4S/c1-4-26-15-7-5-12(2)9-14(15)13-6-8-16-19-18(21-22(16)10-13)20-17(23)11-27(3,24)25/h5-10H,4,11H2,1-3H3,(H,20,21,23). The number of carbonyl (C=O) groups excluding carboxylic acids is 1. The van der Waals surface area contributed by atoms with Gasteiger partial charge in [-0.1, -0.05) is 11.6 Å². The van der Waals surface area contributed by atoms with E-state index < -0.39 is 21.5 Å². The molecule has 0 aliphatic rings. The fraction of sp³-hybridized carbons (Fsp3) is 0.278. The molecule has 0 saturated heterocycles. The Labute approximate surface area is 157 Å². The van der Waals surface area contributed by atoms with Gasteiger partial charge in [-0.15, -0.1) is 5.10 Å². The fourth-order valence-corrected chi connectivity index (χ4v) is 3.19. The molecule has 0 spiro atoms. The third-order valence-electron chi connectivity index (χ3n) is 3.72. The van der Waals surface area contributed by atoms with Crippen LogP contribution in [-0.2, 0) is 14.6 Å². The summed E-state index contributed by atoms with van der Waals surface area (Å²) >= 11 is 0. The molecule has 1 aromatic carbocycles. The van der Waals surface area contributed by atoms with Gasteiger partial charge in [-0.3, -0.25) is 10.1 Å². The van der Waals surface area contributed by atoms with Gasteiger partial charge >= 0.3 is 0 Å². The van der Waals surface area contributed by atoms with E-state index in [2.05, 4.69) is 15.4 Å². The minimum Gasteiger partial charge on any atom is -0.493 e. The highest BCUT2D eigenvalue weighted by molar-refractivity contribution is 7.91. The number of fused-ring (bicyclic) bond motifs is 1. The summed E-state index contributed by atoms with van der Waals surface area (Å²) in [6, 6.07) is 9.60. The van der Waals surface area contributed by atoms with Crippen LogP contribution in [0, 0.1) is 6.92 Å². The number of ether oxygens (including phenoxy) is 1. The Morgan fingerprint density at radius 2 is 2.04 bits per heavy atom. The lowest BCUT2D eigenvalue weighted by Crippen LogP contribution is -2.22. The summed E-state index contributed by atoms with van der Waals surface area (Å²) in [7, 11) is -3.42. The van der Waals surface area contributed by atoms with Gasteiger partial charge in [0.2, 0.25) is 11.9 Å². The van der Waals surface area contributed by atoms with Crippen molar-refractivity contribution in [2.75, 3.05) is 23.9 Å². The Morgan fingerprint density at radius 1 is 1.26 bits per heavy atom. The Balaban J connectivity index is 1.93. The summed E-state index contributed by atoms with van der Waals surface area (Å²) in [6.45, 7) is 4.48. The van der Waals surface area contributed by atoms with Crippen LogP contribution in [0.3, 0.4) is 0 Å². The van der Waals surface area contributed by atoms with Crippen LogP contribution in [0.1, 0.15) is 12.5 Å². The summed E-state index contributed by atoms with van der Waals surface area (Å²) in [5.41, 5.74) is 3.44. The van der Waals surface area contributed by atoms with Crippen molar-refractivity contribution in [2.24, 2.45) is 0 Å². The molecule has 2 heterocycles. The quantitative estimate of drug-likeness (QED) is 0.694. The predicted molar refractivity (Wildman–Crippen MR) is 103 cm³/mol. The van der Waals surface area contributed by atoms with Gasteiger partial charge in [0.1, 0.15) is 11.5 Å². The first-order valence-corrected chi connectivity index (χ1v) is 10.4. The lowest BCUT2D eigenvalue weighted by Gasteiger charge is -2.11. The Kier molecular flexibility index (Phi) is 5.13. The molecule has 0 bridgehead atoms. The summed E-state index contributed by atoms with van der Waals surface area (Å²) in [4.78, 5) is 15.9. The van der Waals surface area contributed by atoms with E-state index in [9.17, 15) is 13.2 Å². The van der Waals surface area contributed by atoms with Gasteiger partial charge in [-0.25, -0.2) is 12.9 Å². The first kappa shape index (κ1) is 18.8. The van der Waals surface area contributed by atoms with Gasteiger partial charge in [0.05, 0.1) is 6.61 Å². The number of benzene rings is 1. The third kappa shape index (κ3) is 4.62. The van der Waals surface area contributed by atoms with Gasteiger partial charge in [-0.2, -0.15) is 4.98 Å². The monoisotopic (exact) mass is 388 g/mol. The maximum absolute atomic E-state index is 11.8. The fourth-order valence-electron chi connectivity index (χ4n) is 2.65. The molecule has 0 aliphatic heterocycles. The normalized spacial score (nSPS) is 11.5. The molecule has 1 N–H and O–H groups in total. The van der Waals surface area contributed by atoms with Crippen molar-refractivity contribution in [2.45, 2.75) is 13.8 Å². The van der Waals surface area contributed by atoms with Crippen LogP contribution < -0.4 is 10.1 Å². The lowest BCUT2D eigenvalue weighted by atomic mass is 10.0. The van der Waals surface area contributed by atoms with Crippen molar-refractivity contribution in [1.29, 1.82) is 0 Å². The number of anilines is 1. The summed E-state index contributed by atoms with van der Waals surface area (Å²) in [6.07, 6.45) is 2.78. The van der Waals surface area contributed by atoms with Crippen molar-refractivity contribution < 1.29 is 17.9 Å². The summed E-state index contributed by atoms with van der Waals surface area (Å²) in [5, 5.41) is 6.61. The number of amides is 1. The van der Waals surface area contributed by atoms with Crippen LogP contribution in [0.4, 0.5) is 5.95 Å². The van der Waals surface area contributed by atoms with E-state index in [0.717, 1.165) is 28.7 Å². The van der Waals surface area contributed by atoms with Crippen molar-refractivity contribution in [1.82, 2.24) is 14.6 Å². The van der Waals surface area contributed by atoms with Crippen molar-refractivity contribution in [3.05, 3.63) is 42.1 Å². The van der Waals surface area contributed by atoms with Gasteiger partial charge in [0, 0.05) is 23.6 Å². The molecule has 142 valence electrons. The number of rotatable bonds is 6. The SMILES string of the molecule is CCOc1ccc(C)cc1-c1ccc2nc(NC(=O)CS(C)(=O)=O)nn2c1. The van der Waals surface area contributed by atoms with Crippen molar-refractivity contribution >= 4 is 27.3 Å². The zero-order valence-corrected chi connectivity index (χ0v) is 16.1. The van der Waals surface area contributed by atoms with Gasteiger partial charge < -0.3 is 4.74 Å².